The highest BCUT2D eigenvalue weighted by Crippen LogP contribution is 2.30. The van der Waals surface area contributed by atoms with Crippen molar-refractivity contribution in [3.8, 4) is 11.3 Å². The van der Waals surface area contributed by atoms with E-state index in [1.807, 2.05) is 36.5 Å². The summed E-state index contributed by atoms with van der Waals surface area (Å²) in [6, 6.07) is 11.5. The monoisotopic (exact) mass is 360 g/mol. The first kappa shape index (κ1) is 17.0. The number of aromatic carboxylic acids is 1. The normalized spacial score (nSPS) is 11.2. The molecule has 6 nitrogen and oxygen atoms in total. The topological polar surface area (TPSA) is 80.0 Å². The lowest BCUT2D eigenvalue weighted by Crippen LogP contribution is -2.03. The van der Waals surface area contributed by atoms with Crippen molar-refractivity contribution in [1.82, 2.24) is 14.5 Å². The number of anilines is 1. The lowest BCUT2D eigenvalue weighted by molar-refractivity contribution is 0.0687. The average molecular weight is 360 g/mol. The van der Waals surface area contributed by atoms with Crippen LogP contribution in [0.2, 0.25) is 0 Å². The van der Waals surface area contributed by atoms with Crippen LogP contribution in [0, 0.1) is 0 Å². The highest BCUT2D eigenvalue weighted by Gasteiger charge is 2.13. The van der Waals surface area contributed by atoms with Gasteiger partial charge in [-0.05, 0) is 36.8 Å². The van der Waals surface area contributed by atoms with Crippen LogP contribution in [0.1, 0.15) is 23.8 Å². The van der Waals surface area contributed by atoms with Gasteiger partial charge in [0.15, 0.2) is 0 Å². The number of aryl methyl sites for hydroxylation is 1. The molecule has 0 aliphatic heterocycles. The Kier molecular flexibility index (Phi) is 4.24. The lowest BCUT2D eigenvalue weighted by atomic mass is 10.1. The summed E-state index contributed by atoms with van der Waals surface area (Å²) >= 11 is 0. The van der Waals surface area contributed by atoms with Crippen molar-refractivity contribution in [1.29, 1.82) is 0 Å². The standard InChI is InChI=1S/C21H20N4O2/c1-3-7-23-18-11-17(24-16-6-8-22-12-15(16)18)13-4-5-19-14(9-13)10-20(21(26)27)25(19)2/h4-6,8-12H,3,7H2,1-2H3,(H,23,24)(H,26,27). The van der Waals surface area contributed by atoms with E-state index < -0.39 is 5.97 Å². The molecule has 2 N–H and O–H groups in total. The Morgan fingerprint density at radius 2 is 2.07 bits per heavy atom. The van der Waals surface area contributed by atoms with E-state index in [-0.39, 0.29) is 5.69 Å². The van der Waals surface area contributed by atoms with Crippen molar-refractivity contribution in [3.63, 3.8) is 0 Å². The fourth-order valence-corrected chi connectivity index (χ4v) is 3.34. The number of nitrogens with one attached hydrogen (secondary N) is 1. The zero-order valence-corrected chi connectivity index (χ0v) is 15.2. The third kappa shape index (κ3) is 2.99. The molecule has 3 heterocycles. The van der Waals surface area contributed by atoms with Crippen LogP contribution in [0.25, 0.3) is 33.1 Å². The second kappa shape index (κ2) is 6.72. The number of carboxylic acid groups (broad SMARTS) is 1. The molecule has 4 rings (SSSR count). The number of hydrogen-bond acceptors (Lipinski definition) is 4. The van der Waals surface area contributed by atoms with Gasteiger partial charge in [-0.3, -0.25) is 4.98 Å². The molecule has 0 atom stereocenters. The van der Waals surface area contributed by atoms with E-state index in [2.05, 4.69) is 17.2 Å². The average Bonchev–Trinajstić information content (AvgIpc) is 3.02. The van der Waals surface area contributed by atoms with Gasteiger partial charge in [-0.15, -0.1) is 0 Å². The third-order valence-electron chi connectivity index (χ3n) is 4.73. The number of aromatic nitrogens is 3. The van der Waals surface area contributed by atoms with Crippen molar-refractivity contribution in [2.75, 3.05) is 11.9 Å². The Balaban J connectivity index is 1.87. The Labute approximate surface area is 156 Å². The minimum absolute atomic E-state index is 0.269. The van der Waals surface area contributed by atoms with Crippen molar-refractivity contribution in [3.05, 3.63) is 54.5 Å². The van der Waals surface area contributed by atoms with Crippen LogP contribution in [0.15, 0.2) is 48.8 Å². The predicted octanol–water partition coefficient (Wildman–Crippen LogP) is 4.31. The maximum atomic E-state index is 11.4. The smallest absolute Gasteiger partial charge is 0.352 e. The first-order chi connectivity index (χ1) is 13.1. The molecule has 0 unspecified atom stereocenters. The number of carboxylic acids is 1. The van der Waals surface area contributed by atoms with E-state index >= 15 is 0 Å². The van der Waals surface area contributed by atoms with Gasteiger partial charge in [0, 0.05) is 53.5 Å². The van der Waals surface area contributed by atoms with Crippen molar-refractivity contribution in [2.24, 2.45) is 7.05 Å². The summed E-state index contributed by atoms with van der Waals surface area (Å²) in [5, 5.41) is 14.7. The summed E-state index contributed by atoms with van der Waals surface area (Å²) in [6.07, 6.45) is 4.58. The summed E-state index contributed by atoms with van der Waals surface area (Å²) < 4.78 is 1.69. The maximum absolute atomic E-state index is 11.4. The Morgan fingerprint density at radius 3 is 2.85 bits per heavy atom. The molecule has 3 aromatic heterocycles. The molecule has 0 aliphatic carbocycles. The van der Waals surface area contributed by atoms with Gasteiger partial charge in [0.25, 0.3) is 0 Å². The number of pyridine rings is 2. The zero-order valence-electron chi connectivity index (χ0n) is 15.2. The maximum Gasteiger partial charge on any atom is 0.352 e. The molecule has 0 saturated heterocycles. The summed E-state index contributed by atoms with van der Waals surface area (Å²) in [7, 11) is 1.76. The Hall–Kier alpha value is -3.41. The predicted molar refractivity (Wildman–Crippen MR) is 107 cm³/mol. The van der Waals surface area contributed by atoms with Crippen molar-refractivity contribution in [2.45, 2.75) is 13.3 Å². The van der Waals surface area contributed by atoms with Gasteiger partial charge in [0.05, 0.1) is 11.2 Å². The number of fused-ring (bicyclic) bond motifs is 2. The number of carbonyl (C=O) groups is 1. The minimum atomic E-state index is -0.933. The van der Waals surface area contributed by atoms with Crippen molar-refractivity contribution < 1.29 is 9.90 Å². The fraction of sp³-hybridized carbons (Fsp3) is 0.190. The quantitative estimate of drug-likeness (QED) is 0.554. The second-order valence-electron chi connectivity index (χ2n) is 6.54. The molecule has 0 bridgehead atoms. The van der Waals surface area contributed by atoms with Gasteiger partial charge >= 0.3 is 5.97 Å². The highest BCUT2D eigenvalue weighted by molar-refractivity contribution is 5.97. The number of hydrogen-bond donors (Lipinski definition) is 2. The van der Waals surface area contributed by atoms with Crippen LogP contribution < -0.4 is 5.32 Å². The van der Waals surface area contributed by atoms with E-state index in [1.165, 1.54) is 0 Å². The van der Waals surface area contributed by atoms with Crippen LogP contribution in [0.3, 0.4) is 0 Å². The van der Waals surface area contributed by atoms with Crippen LogP contribution >= 0.6 is 0 Å². The second-order valence-corrected chi connectivity index (χ2v) is 6.54. The summed E-state index contributed by atoms with van der Waals surface area (Å²) in [5.41, 5.74) is 4.82. The molecular weight excluding hydrogens is 340 g/mol. The van der Waals surface area contributed by atoms with Crippen LogP contribution in [0.4, 0.5) is 5.69 Å². The molecule has 0 amide bonds. The first-order valence-electron chi connectivity index (χ1n) is 8.90. The molecule has 0 fully saturated rings. The van der Waals surface area contributed by atoms with E-state index in [1.54, 1.807) is 23.9 Å². The van der Waals surface area contributed by atoms with E-state index in [0.717, 1.165) is 51.7 Å². The largest absolute Gasteiger partial charge is 0.477 e. The van der Waals surface area contributed by atoms with E-state index in [9.17, 15) is 9.90 Å². The number of rotatable bonds is 5. The lowest BCUT2D eigenvalue weighted by Gasteiger charge is -2.11. The minimum Gasteiger partial charge on any atom is -0.477 e. The van der Waals surface area contributed by atoms with Crippen LogP contribution in [-0.2, 0) is 7.05 Å². The van der Waals surface area contributed by atoms with Gasteiger partial charge in [-0.25, -0.2) is 9.78 Å². The molecule has 136 valence electrons. The summed E-state index contributed by atoms with van der Waals surface area (Å²) in [6.45, 7) is 2.99. The molecule has 4 aromatic rings. The van der Waals surface area contributed by atoms with E-state index in [0.29, 0.717) is 0 Å². The molecule has 27 heavy (non-hydrogen) atoms. The molecule has 0 aliphatic rings. The Morgan fingerprint density at radius 1 is 1.22 bits per heavy atom. The van der Waals surface area contributed by atoms with E-state index in [4.69, 9.17) is 4.98 Å². The van der Waals surface area contributed by atoms with Crippen molar-refractivity contribution >= 4 is 33.5 Å². The van der Waals surface area contributed by atoms with Gasteiger partial charge in [-0.1, -0.05) is 13.0 Å². The summed E-state index contributed by atoms with van der Waals surface area (Å²) in [4.78, 5) is 20.4. The zero-order chi connectivity index (χ0) is 19.0. The number of benzene rings is 1. The number of nitrogens with zero attached hydrogens (tertiary/aromatic N) is 3. The third-order valence-corrected chi connectivity index (χ3v) is 4.73. The molecule has 0 radical (unpaired) electrons. The molecule has 6 heteroatoms. The Bertz CT molecular complexity index is 1160. The van der Waals surface area contributed by atoms with Gasteiger partial charge < -0.3 is 15.0 Å². The summed E-state index contributed by atoms with van der Waals surface area (Å²) in [5.74, 6) is -0.933. The van der Waals surface area contributed by atoms with Gasteiger partial charge in [0.2, 0.25) is 0 Å². The SMILES string of the molecule is CCCNc1cc(-c2ccc3c(c2)cc(C(=O)O)n3C)nc2ccncc12. The molecular formula is C21H20N4O2. The molecule has 0 saturated carbocycles. The fourth-order valence-electron chi connectivity index (χ4n) is 3.34. The molecule has 0 spiro atoms. The first-order valence-corrected chi connectivity index (χ1v) is 8.90. The van der Waals surface area contributed by atoms with Crippen LogP contribution in [-0.4, -0.2) is 32.2 Å². The van der Waals surface area contributed by atoms with Gasteiger partial charge in [0.1, 0.15) is 5.69 Å². The molecule has 1 aromatic carbocycles. The van der Waals surface area contributed by atoms with Gasteiger partial charge in [-0.2, -0.15) is 0 Å². The highest BCUT2D eigenvalue weighted by atomic mass is 16.4. The van der Waals surface area contributed by atoms with Crippen LogP contribution in [0.5, 0.6) is 0 Å².